The standard InChI is InChI=1S/C24H29N5O6S/c25-18(10-16-6-8-17(30)9-7-16)23(34)27-12-20(31)26-13-21(32)29-19(24(35)28-14-22(33)36)11-15-4-2-1-3-5-15/h1-9,18-19,30H,10-14,25H2,(H,26,31)(H,27,34)(H,28,35)(H,29,32)(H,33,36)/t18-,19-/m0/s1. The predicted molar refractivity (Wildman–Crippen MR) is 135 cm³/mol. The van der Waals surface area contributed by atoms with Gasteiger partial charge < -0.3 is 32.1 Å². The summed E-state index contributed by atoms with van der Waals surface area (Å²) < 4.78 is 0. The van der Waals surface area contributed by atoms with Gasteiger partial charge in [0.2, 0.25) is 28.7 Å². The molecule has 0 aliphatic carbocycles. The summed E-state index contributed by atoms with van der Waals surface area (Å²) in [6.45, 7) is -1.12. The van der Waals surface area contributed by atoms with E-state index in [-0.39, 0.29) is 25.1 Å². The minimum absolute atomic E-state index is 0.0947. The zero-order valence-electron chi connectivity index (χ0n) is 19.4. The lowest BCUT2D eigenvalue weighted by molar-refractivity contribution is -0.130. The van der Waals surface area contributed by atoms with Gasteiger partial charge in [0, 0.05) is 6.42 Å². The highest BCUT2D eigenvalue weighted by Crippen LogP contribution is 2.10. The fourth-order valence-electron chi connectivity index (χ4n) is 3.11. The minimum atomic E-state index is -0.984. The topological polar surface area (TPSA) is 180 Å². The van der Waals surface area contributed by atoms with Crippen LogP contribution in [0.2, 0.25) is 0 Å². The average Bonchev–Trinajstić information content (AvgIpc) is 2.86. The van der Waals surface area contributed by atoms with Crippen LogP contribution in [0.4, 0.5) is 0 Å². The number of benzene rings is 2. The largest absolute Gasteiger partial charge is 0.508 e. The number of hydrogen-bond acceptors (Lipinski definition) is 7. The van der Waals surface area contributed by atoms with Crippen molar-refractivity contribution in [3.8, 4) is 5.75 Å². The third kappa shape index (κ3) is 10.6. The molecule has 4 amide bonds. The van der Waals surface area contributed by atoms with Crippen LogP contribution in [0.3, 0.4) is 0 Å². The lowest BCUT2D eigenvalue weighted by Crippen LogP contribution is -2.52. The molecule has 11 nitrogen and oxygen atoms in total. The maximum Gasteiger partial charge on any atom is 0.243 e. The Kier molecular flexibility index (Phi) is 11.4. The van der Waals surface area contributed by atoms with Gasteiger partial charge in [0.1, 0.15) is 11.8 Å². The number of amides is 4. The highest BCUT2D eigenvalue weighted by atomic mass is 32.1. The number of phenols is 1. The van der Waals surface area contributed by atoms with E-state index < -0.39 is 53.9 Å². The van der Waals surface area contributed by atoms with Gasteiger partial charge in [0.15, 0.2) is 0 Å². The van der Waals surface area contributed by atoms with E-state index in [9.17, 15) is 29.1 Å². The Labute approximate surface area is 213 Å². The summed E-state index contributed by atoms with van der Waals surface area (Å²) in [4.78, 5) is 60.0. The van der Waals surface area contributed by atoms with E-state index in [2.05, 4.69) is 33.9 Å². The lowest BCUT2D eigenvalue weighted by atomic mass is 10.1. The molecule has 2 aromatic carbocycles. The number of carbonyl (C=O) groups is 5. The van der Waals surface area contributed by atoms with Crippen LogP contribution in [0.15, 0.2) is 54.6 Å². The van der Waals surface area contributed by atoms with Crippen molar-refractivity contribution in [3.63, 3.8) is 0 Å². The van der Waals surface area contributed by atoms with Crippen molar-refractivity contribution in [2.45, 2.75) is 24.9 Å². The van der Waals surface area contributed by atoms with Gasteiger partial charge in [-0.2, -0.15) is 0 Å². The van der Waals surface area contributed by atoms with E-state index in [1.165, 1.54) is 12.1 Å². The summed E-state index contributed by atoms with van der Waals surface area (Å²) in [6, 6.07) is 13.3. The minimum Gasteiger partial charge on any atom is -0.508 e. The second-order valence-electron chi connectivity index (χ2n) is 7.89. The zero-order valence-corrected chi connectivity index (χ0v) is 20.3. The number of aromatic hydroxyl groups is 1. The van der Waals surface area contributed by atoms with Gasteiger partial charge in [-0.25, -0.2) is 0 Å². The molecule has 0 saturated heterocycles. The fourth-order valence-corrected chi connectivity index (χ4v) is 3.19. The normalized spacial score (nSPS) is 12.1. The van der Waals surface area contributed by atoms with E-state index >= 15 is 0 Å². The number of nitrogens with two attached hydrogens (primary N) is 1. The lowest BCUT2D eigenvalue weighted by Gasteiger charge is -2.18. The van der Waals surface area contributed by atoms with E-state index in [0.717, 1.165) is 11.1 Å². The quantitative estimate of drug-likeness (QED) is 0.164. The van der Waals surface area contributed by atoms with Crippen molar-refractivity contribution in [1.82, 2.24) is 21.3 Å². The Balaban J connectivity index is 1.79. The van der Waals surface area contributed by atoms with Gasteiger partial charge in [-0.1, -0.05) is 42.5 Å². The molecule has 0 aliphatic rings. The Hall–Kier alpha value is -3.90. The molecule has 0 radical (unpaired) electrons. The predicted octanol–water partition coefficient (Wildman–Crippen LogP) is -1.21. The number of phenolic OH excluding ortho intramolecular Hbond substituents is 1. The summed E-state index contributed by atoms with van der Waals surface area (Å²) >= 11 is 3.61. The van der Waals surface area contributed by atoms with E-state index in [1.807, 2.05) is 6.07 Å². The summed E-state index contributed by atoms with van der Waals surface area (Å²) in [6.07, 6.45) is 0.377. The maximum absolute atomic E-state index is 12.4. The van der Waals surface area contributed by atoms with Crippen molar-refractivity contribution in [2.24, 2.45) is 5.73 Å². The van der Waals surface area contributed by atoms with Crippen LogP contribution in [0.25, 0.3) is 0 Å². The summed E-state index contributed by atoms with van der Waals surface area (Å²) in [5.41, 5.74) is 7.37. The molecule has 0 unspecified atom stereocenters. The molecule has 0 fully saturated rings. The van der Waals surface area contributed by atoms with Crippen LogP contribution in [-0.4, -0.2) is 65.6 Å². The van der Waals surface area contributed by atoms with Crippen molar-refractivity contribution in [3.05, 3.63) is 65.7 Å². The highest BCUT2D eigenvalue weighted by molar-refractivity contribution is 7.96. The van der Waals surface area contributed by atoms with Gasteiger partial charge in [0.05, 0.1) is 25.7 Å². The Morgan fingerprint density at radius 3 is 1.97 bits per heavy atom. The van der Waals surface area contributed by atoms with Gasteiger partial charge in [-0.3, -0.25) is 24.0 Å². The molecule has 2 atom stereocenters. The highest BCUT2D eigenvalue weighted by Gasteiger charge is 2.22. The Bertz CT molecular complexity index is 1060. The average molecular weight is 516 g/mol. The van der Waals surface area contributed by atoms with Crippen LogP contribution in [0.1, 0.15) is 11.1 Å². The molecule has 2 rings (SSSR count). The number of nitrogens with one attached hydrogen (secondary N) is 4. The third-order valence-electron chi connectivity index (χ3n) is 4.95. The third-order valence-corrected chi connectivity index (χ3v) is 5.10. The first-order chi connectivity index (χ1) is 17.1. The molecule has 0 aliphatic heterocycles. The first-order valence-electron chi connectivity index (χ1n) is 11.0. The van der Waals surface area contributed by atoms with Crippen LogP contribution >= 0.6 is 12.6 Å². The zero-order chi connectivity index (χ0) is 26.5. The Morgan fingerprint density at radius 2 is 1.33 bits per heavy atom. The smallest absolute Gasteiger partial charge is 0.243 e. The number of rotatable bonds is 13. The molecule has 12 heteroatoms. The molecule has 192 valence electrons. The molecule has 0 spiro atoms. The number of hydrogen-bond donors (Lipinski definition) is 7. The molecule has 2 aromatic rings. The summed E-state index contributed by atoms with van der Waals surface area (Å²) in [5.74, 6) is -2.29. The van der Waals surface area contributed by atoms with Crippen LogP contribution in [0, 0.1) is 0 Å². The molecule has 36 heavy (non-hydrogen) atoms. The monoisotopic (exact) mass is 515 g/mol. The molecule has 0 bridgehead atoms. The van der Waals surface area contributed by atoms with Crippen LogP contribution < -0.4 is 27.0 Å². The molecule has 0 heterocycles. The van der Waals surface area contributed by atoms with Crippen molar-refractivity contribution < 1.29 is 29.1 Å². The molecule has 0 aromatic heterocycles. The van der Waals surface area contributed by atoms with E-state index in [0.29, 0.717) is 0 Å². The second-order valence-corrected chi connectivity index (χ2v) is 8.39. The van der Waals surface area contributed by atoms with Crippen molar-refractivity contribution in [2.75, 3.05) is 19.6 Å². The molecule has 7 N–H and O–H groups in total. The second kappa shape index (κ2) is 14.5. The first-order valence-corrected chi connectivity index (χ1v) is 11.5. The summed E-state index contributed by atoms with van der Waals surface area (Å²) in [5, 5.41) is 18.4. The SMILES string of the molecule is N[C@@H](Cc1ccc(O)cc1)C(=O)NCC(=O)NCC(=O)N[C@@H](Cc1ccccc1)C(=O)NCC(=O)S. The first kappa shape index (κ1) is 28.3. The summed E-state index contributed by atoms with van der Waals surface area (Å²) in [7, 11) is 0. The molecular formula is C24H29N5O6S. The number of carbonyl (C=O) groups excluding carboxylic acids is 5. The fraction of sp³-hybridized carbons (Fsp3) is 0.292. The number of thiol groups is 1. The van der Waals surface area contributed by atoms with Gasteiger partial charge in [0.25, 0.3) is 0 Å². The van der Waals surface area contributed by atoms with Gasteiger partial charge in [-0.15, -0.1) is 12.6 Å². The van der Waals surface area contributed by atoms with Gasteiger partial charge >= 0.3 is 0 Å². The molecule has 0 saturated carbocycles. The van der Waals surface area contributed by atoms with Crippen molar-refractivity contribution >= 4 is 41.4 Å². The van der Waals surface area contributed by atoms with Crippen LogP contribution in [-0.2, 0) is 36.8 Å². The van der Waals surface area contributed by atoms with Crippen LogP contribution in [0.5, 0.6) is 5.75 Å². The van der Waals surface area contributed by atoms with Gasteiger partial charge in [-0.05, 0) is 29.7 Å². The van der Waals surface area contributed by atoms with E-state index in [4.69, 9.17) is 5.73 Å². The molecular weight excluding hydrogens is 486 g/mol. The van der Waals surface area contributed by atoms with Crippen molar-refractivity contribution in [1.29, 1.82) is 0 Å². The maximum atomic E-state index is 12.4. The van der Waals surface area contributed by atoms with E-state index in [1.54, 1.807) is 36.4 Å². The Morgan fingerprint density at radius 1 is 0.750 bits per heavy atom.